The number of Topliss-reactive ketones (excluding diaryl/α,β-unsaturated/α-hetero) is 1. The first-order chi connectivity index (χ1) is 14.0. The fraction of sp³-hybridized carbons (Fsp3) is 0.533. The third-order valence-corrected chi connectivity index (χ3v) is 3.43. The van der Waals surface area contributed by atoms with Gasteiger partial charge in [0.2, 0.25) is 5.78 Å². The normalized spacial score (nSPS) is 23.0. The number of aromatic amines is 1. The molecule has 1 fully saturated rings. The van der Waals surface area contributed by atoms with E-state index in [9.17, 15) is 14.4 Å². The molecule has 1 aromatic rings. The molecule has 2 rings (SSSR count). The van der Waals surface area contributed by atoms with E-state index < -0.39 is 54.7 Å². The molecule has 15 heteroatoms. The second-order valence-corrected chi connectivity index (χ2v) is 5.74. The number of hydrogen-bond acceptors (Lipinski definition) is 11. The average molecular weight is 432 g/mol. The number of anilines is 1. The number of aliphatic carboxylic acids is 1. The van der Waals surface area contributed by atoms with Gasteiger partial charge in [-0.1, -0.05) is 0 Å². The van der Waals surface area contributed by atoms with Crippen molar-refractivity contribution >= 4 is 23.8 Å². The molecule has 0 spiro atoms. The lowest BCUT2D eigenvalue weighted by Crippen LogP contribution is -2.33. The summed E-state index contributed by atoms with van der Waals surface area (Å²) in [5.41, 5.74) is 17.7. The largest absolute Gasteiger partial charge is 0.480 e. The molecule has 0 bridgehead atoms. The van der Waals surface area contributed by atoms with Crippen molar-refractivity contribution in [1.29, 1.82) is 0 Å². The number of nitrogens with zero attached hydrogens (tertiary/aromatic N) is 3. The highest BCUT2D eigenvalue weighted by Crippen LogP contribution is 2.18. The fourth-order valence-corrected chi connectivity index (χ4v) is 1.82. The molecule has 2 heterocycles. The SMILES string of the molecule is Nc1cc[nH]c(=O)n1.OC[C@H]1OC(O)[C@@H](O)[C@@H]1O.[N-]=[N+]=CC(=O)CC[C@H](N)C(=O)O. The van der Waals surface area contributed by atoms with E-state index in [0.717, 1.165) is 0 Å². The van der Waals surface area contributed by atoms with Gasteiger partial charge < -0.3 is 52.3 Å². The van der Waals surface area contributed by atoms with Crippen molar-refractivity contribution in [1.82, 2.24) is 9.97 Å². The van der Waals surface area contributed by atoms with Crippen molar-refractivity contribution in [3.05, 3.63) is 28.3 Å². The number of aliphatic hydroxyl groups is 4. The van der Waals surface area contributed by atoms with E-state index in [1.165, 1.54) is 12.3 Å². The van der Waals surface area contributed by atoms with Crippen molar-refractivity contribution in [2.75, 3.05) is 12.3 Å². The lowest BCUT2D eigenvalue weighted by molar-refractivity contribution is -0.138. The topological polar surface area (TPSA) is 279 Å². The molecular weight excluding hydrogens is 408 g/mol. The quantitative estimate of drug-likeness (QED) is 0.121. The maximum Gasteiger partial charge on any atom is 0.346 e. The van der Waals surface area contributed by atoms with Gasteiger partial charge in [-0.15, -0.1) is 0 Å². The predicted molar refractivity (Wildman–Crippen MR) is 98.8 cm³/mol. The van der Waals surface area contributed by atoms with Crippen LogP contribution in [0.15, 0.2) is 17.1 Å². The van der Waals surface area contributed by atoms with Crippen LogP contribution >= 0.6 is 0 Å². The molecule has 10 N–H and O–H groups in total. The molecule has 0 radical (unpaired) electrons. The number of carbonyl (C=O) groups excluding carboxylic acids is 1. The number of hydrogen-bond donors (Lipinski definition) is 8. The third kappa shape index (κ3) is 10.5. The molecule has 1 aliphatic rings. The number of nitrogens with one attached hydrogen (secondary N) is 1. The van der Waals surface area contributed by atoms with Gasteiger partial charge in [-0.25, -0.2) is 4.79 Å². The number of carboxylic acid groups (broad SMARTS) is 1. The van der Waals surface area contributed by atoms with E-state index in [1.54, 1.807) is 0 Å². The molecule has 5 atom stereocenters. The lowest BCUT2D eigenvalue weighted by Gasteiger charge is -2.09. The van der Waals surface area contributed by atoms with E-state index in [2.05, 4.69) is 19.5 Å². The zero-order chi connectivity index (χ0) is 23.3. The van der Waals surface area contributed by atoms with Crippen LogP contribution in [-0.2, 0) is 14.3 Å². The second kappa shape index (κ2) is 14.0. The van der Waals surface area contributed by atoms with Crippen LogP contribution < -0.4 is 17.2 Å². The van der Waals surface area contributed by atoms with Crippen molar-refractivity contribution in [2.45, 2.75) is 43.5 Å². The molecule has 0 aromatic carbocycles. The number of ketones is 1. The Bertz CT molecular complexity index is 782. The minimum atomic E-state index is -1.38. The molecule has 1 aliphatic heterocycles. The number of aliphatic hydroxyl groups excluding tert-OH is 4. The highest BCUT2D eigenvalue weighted by molar-refractivity contribution is 6.25. The average Bonchev–Trinajstić information content (AvgIpc) is 2.94. The van der Waals surface area contributed by atoms with Gasteiger partial charge in [-0.05, 0) is 12.5 Å². The summed E-state index contributed by atoms with van der Waals surface area (Å²) in [5, 5.41) is 43.3. The van der Waals surface area contributed by atoms with Crippen LogP contribution in [0.1, 0.15) is 12.8 Å². The molecule has 0 amide bonds. The Morgan fingerprint density at radius 3 is 2.33 bits per heavy atom. The van der Waals surface area contributed by atoms with Crippen molar-refractivity contribution in [2.24, 2.45) is 5.73 Å². The molecule has 30 heavy (non-hydrogen) atoms. The summed E-state index contributed by atoms with van der Waals surface area (Å²) >= 11 is 0. The van der Waals surface area contributed by atoms with Crippen LogP contribution in [-0.4, -0.2) is 95.5 Å². The van der Waals surface area contributed by atoms with E-state index in [-0.39, 0.29) is 18.7 Å². The Kier molecular flexibility index (Phi) is 12.6. The second-order valence-electron chi connectivity index (χ2n) is 5.74. The summed E-state index contributed by atoms with van der Waals surface area (Å²) in [6.07, 6.45) is -2.58. The summed E-state index contributed by atoms with van der Waals surface area (Å²) in [5.74, 6) is -1.35. The molecule has 1 unspecified atom stereocenters. The van der Waals surface area contributed by atoms with E-state index >= 15 is 0 Å². The standard InChI is InChI=1S/C6H9N3O3.C5H10O5.C4H5N3O/c7-5(6(11)12)2-1-4(10)3-9-8;6-1-2-3(7)4(8)5(9)10-2;5-3-1-2-6-4(8)7-3/h3,5H,1-2,7H2,(H,11,12);2-9H,1H2;1-2H,(H3,5,6,7,8)/t5-;2-,3-,4+,5?;/m01./s1. The highest BCUT2D eigenvalue weighted by atomic mass is 16.6. The van der Waals surface area contributed by atoms with Gasteiger partial charge >= 0.3 is 17.9 Å². The zero-order valence-corrected chi connectivity index (χ0v) is 15.6. The van der Waals surface area contributed by atoms with E-state index in [4.69, 9.17) is 42.5 Å². The lowest BCUT2D eigenvalue weighted by atomic mass is 10.1. The maximum absolute atomic E-state index is 10.6. The van der Waals surface area contributed by atoms with Crippen LogP contribution in [0.2, 0.25) is 0 Å². The van der Waals surface area contributed by atoms with Crippen molar-refractivity contribution in [3.63, 3.8) is 0 Å². The predicted octanol–water partition coefficient (Wildman–Crippen LogP) is -4.18. The summed E-state index contributed by atoms with van der Waals surface area (Å²) in [7, 11) is 0. The van der Waals surface area contributed by atoms with Gasteiger partial charge in [-0.2, -0.15) is 9.77 Å². The molecule has 168 valence electrons. The Labute approximate surface area is 169 Å². The van der Waals surface area contributed by atoms with Crippen LogP contribution in [0, 0.1) is 0 Å². The van der Waals surface area contributed by atoms with Crippen LogP contribution in [0.3, 0.4) is 0 Å². The molecule has 15 nitrogen and oxygen atoms in total. The number of carbonyl (C=O) groups is 2. The van der Waals surface area contributed by atoms with Gasteiger partial charge in [-0.3, -0.25) is 9.59 Å². The van der Waals surface area contributed by atoms with E-state index in [0.29, 0.717) is 6.21 Å². The van der Waals surface area contributed by atoms with Gasteiger partial charge in [0.15, 0.2) is 6.29 Å². The molecule has 1 aromatic heterocycles. The number of nitrogens with two attached hydrogens (primary N) is 2. The smallest absolute Gasteiger partial charge is 0.346 e. The molecule has 0 aliphatic carbocycles. The monoisotopic (exact) mass is 432 g/mol. The zero-order valence-electron chi connectivity index (χ0n) is 15.6. The molecular formula is C15H24N6O9. The number of ether oxygens (including phenoxy) is 1. The number of rotatable bonds is 6. The Hall–Kier alpha value is -3.04. The van der Waals surface area contributed by atoms with Gasteiger partial charge in [0.05, 0.1) is 6.61 Å². The summed E-state index contributed by atoms with van der Waals surface area (Å²) in [6, 6.07) is 0.475. The van der Waals surface area contributed by atoms with Crippen molar-refractivity contribution < 1.29 is 44.6 Å². The van der Waals surface area contributed by atoms with Gasteiger partial charge in [0, 0.05) is 12.6 Å². The minimum Gasteiger partial charge on any atom is -0.480 e. The first-order valence-electron chi connectivity index (χ1n) is 8.33. The van der Waals surface area contributed by atoms with Crippen LogP contribution in [0.25, 0.3) is 5.53 Å². The highest BCUT2D eigenvalue weighted by Gasteiger charge is 2.41. The molecule has 0 saturated carbocycles. The maximum atomic E-state index is 10.6. The van der Waals surface area contributed by atoms with Crippen LogP contribution in [0.4, 0.5) is 5.82 Å². The summed E-state index contributed by atoms with van der Waals surface area (Å²) in [4.78, 5) is 39.2. The summed E-state index contributed by atoms with van der Waals surface area (Å²) in [6.45, 7) is -0.407. The Morgan fingerprint density at radius 1 is 1.37 bits per heavy atom. The van der Waals surface area contributed by atoms with Crippen molar-refractivity contribution in [3.8, 4) is 0 Å². The summed E-state index contributed by atoms with van der Waals surface area (Å²) < 4.78 is 4.54. The number of aromatic nitrogens is 2. The van der Waals surface area contributed by atoms with Gasteiger partial charge in [0.25, 0.3) is 0 Å². The number of nitrogen functional groups attached to an aromatic ring is 1. The third-order valence-electron chi connectivity index (χ3n) is 3.43. The number of carboxylic acids is 1. The molecule has 1 saturated heterocycles. The minimum absolute atomic E-state index is 0.0302. The first kappa shape index (κ1) is 27.0. The number of H-pyrrole nitrogens is 1. The Balaban J connectivity index is 0.000000428. The Morgan fingerprint density at radius 2 is 2.00 bits per heavy atom. The fourth-order valence-electron chi connectivity index (χ4n) is 1.82. The first-order valence-corrected chi connectivity index (χ1v) is 8.33. The van der Waals surface area contributed by atoms with Crippen LogP contribution in [0.5, 0.6) is 0 Å². The van der Waals surface area contributed by atoms with Gasteiger partial charge in [0.1, 0.15) is 30.2 Å². The van der Waals surface area contributed by atoms with E-state index in [1.807, 2.05) is 0 Å².